The van der Waals surface area contributed by atoms with Crippen molar-refractivity contribution >= 4 is 17.5 Å². The highest BCUT2D eigenvalue weighted by atomic mass is 35.5. The molecule has 3 heterocycles. The van der Waals surface area contributed by atoms with Crippen molar-refractivity contribution in [2.75, 3.05) is 14.1 Å². The highest BCUT2D eigenvalue weighted by Gasteiger charge is 2.31. The molecule has 1 aliphatic rings. The molecule has 0 saturated heterocycles. The minimum atomic E-state index is 0.0390. The maximum Gasteiger partial charge on any atom is 0.244 e. The Labute approximate surface area is 146 Å². The second-order valence-electron chi connectivity index (χ2n) is 6.75. The molecule has 7 nitrogen and oxygen atoms in total. The Bertz CT molecular complexity index is 748. The third kappa shape index (κ3) is 3.32. The van der Waals surface area contributed by atoms with Crippen molar-refractivity contribution in [3.63, 3.8) is 0 Å². The van der Waals surface area contributed by atoms with Crippen LogP contribution in [0.15, 0.2) is 12.4 Å². The summed E-state index contributed by atoms with van der Waals surface area (Å²) in [7, 11) is 4.06. The first-order valence-electron chi connectivity index (χ1n) is 8.04. The zero-order valence-electron chi connectivity index (χ0n) is 14.5. The summed E-state index contributed by atoms with van der Waals surface area (Å²) in [6, 6.07) is 0.273. The van der Waals surface area contributed by atoms with Crippen molar-refractivity contribution in [2.45, 2.75) is 46.1 Å². The molecule has 1 amide bonds. The van der Waals surface area contributed by atoms with E-state index in [9.17, 15) is 4.79 Å². The van der Waals surface area contributed by atoms with E-state index in [-0.39, 0.29) is 18.5 Å². The Morgan fingerprint density at radius 1 is 1.38 bits per heavy atom. The summed E-state index contributed by atoms with van der Waals surface area (Å²) < 4.78 is 3.62. The summed E-state index contributed by atoms with van der Waals surface area (Å²) in [5, 5.41) is 9.37. The third-order valence-electron chi connectivity index (χ3n) is 4.10. The molecule has 2 aromatic rings. The number of rotatable bonds is 5. The van der Waals surface area contributed by atoms with Gasteiger partial charge in [-0.2, -0.15) is 10.2 Å². The van der Waals surface area contributed by atoms with E-state index < -0.39 is 0 Å². The number of carbonyl (C=O) groups is 1. The molecule has 8 heteroatoms. The number of hydrogen-bond donors (Lipinski definition) is 0. The van der Waals surface area contributed by atoms with E-state index >= 15 is 0 Å². The van der Waals surface area contributed by atoms with E-state index in [1.165, 1.54) is 5.56 Å². The summed E-state index contributed by atoms with van der Waals surface area (Å²) in [4.78, 5) is 16.5. The molecule has 0 N–H and O–H groups in total. The van der Waals surface area contributed by atoms with Crippen molar-refractivity contribution in [1.29, 1.82) is 0 Å². The Morgan fingerprint density at radius 2 is 2.12 bits per heavy atom. The maximum absolute atomic E-state index is 12.6. The second-order valence-corrected chi connectivity index (χ2v) is 7.19. The van der Waals surface area contributed by atoms with E-state index in [0.717, 1.165) is 17.9 Å². The fourth-order valence-corrected chi connectivity index (χ4v) is 3.18. The fraction of sp³-hybridized carbons (Fsp3) is 0.562. The lowest BCUT2D eigenvalue weighted by Gasteiger charge is -2.18. The van der Waals surface area contributed by atoms with Gasteiger partial charge in [-0.05, 0) is 27.9 Å². The van der Waals surface area contributed by atoms with Gasteiger partial charge < -0.3 is 9.80 Å². The quantitative estimate of drug-likeness (QED) is 0.826. The van der Waals surface area contributed by atoms with Gasteiger partial charge in [0.15, 0.2) is 0 Å². The molecule has 0 fully saturated rings. The first kappa shape index (κ1) is 17.0. The van der Waals surface area contributed by atoms with E-state index in [1.54, 1.807) is 17.1 Å². The molecule has 130 valence electrons. The number of nitrogens with zero attached hydrogens (tertiary/aromatic N) is 6. The van der Waals surface area contributed by atoms with Crippen molar-refractivity contribution in [3.05, 3.63) is 34.4 Å². The van der Waals surface area contributed by atoms with E-state index in [1.807, 2.05) is 23.7 Å². The normalized spacial score (nSPS) is 14.0. The number of halogens is 1. The highest BCUT2D eigenvalue weighted by molar-refractivity contribution is 6.30. The van der Waals surface area contributed by atoms with Gasteiger partial charge in [-0.15, -0.1) is 0 Å². The van der Waals surface area contributed by atoms with Crippen LogP contribution in [0.2, 0.25) is 5.02 Å². The molecular weight excluding hydrogens is 328 g/mol. The molecular formula is C16H23ClN6O. The van der Waals surface area contributed by atoms with Crippen LogP contribution in [-0.2, 0) is 31.0 Å². The van der Waals surface area contributed by atoms with Crippen LogP contribution in [-0.4, -0.2) is 49.4 Å². The predicted molar refractivity (Wildman–Crippen MR) is 91.5 cm³/mol. The minimum absolute atomic E-state index is 0.0390. The molecule has 0 radical (unpaired) electrons. The molecule has 0 aliphatic carbocycles. The van der Waals surface area contributed by atoms with Crippen LogP contribution in [0.3, 0.4) is 0 Å². The van der Waals surface area contributed by atoms with Crippen LogP contribution >= 0.6 is 11.6 Å². The monoisotopic (exact) mass is 350 g/mol. The molecule has 3 rings (SSSR count). The van der Waals surface area contributed by atoms with Crippen LogP contribution < -0.4 is 0 Å². The predicted octanol–water partition coefficient (Wildman–Crippen LogP) is 1.92. The zero-order chi connectivity index (χ0) is 17.4. The fourth-order valence-electron chi connectivity index (χ4n) is 3.03. The molecule has 2 aromatic heterocycles. The van der Waals surface area contributed by atoms with E-state index in [0.29, 0.717) is 18.1 Å². The highest BCUT2D eigenvalue weighted by Crippen LogP contribution is 2.29. The van der Waals surface area contributed by atoms with Crippen LogP contribution in [0.25, 0.3) is 0 Å². The lowest BCUT2D eigenvalue weighted by atomic mass is 10.2. The van der Waals surface area contributed by atoms with Crippen LogP contribution in [0.5, 0.6) is 0 Å². The van der Waals surface area contributed by atoms with E-state index in [2.05, 4.69) is 23.8 Å². The number of hydrogen-bond acceptors (Lipinski definition) is 4. The number of aromatic nitrogens is 4. The van der Waals surface area contributed by atoms with Gasteiger partial charge in [0.2, 0.25) is 5.91 Å². The summed E-state index contributed by atoms with van der Waals surface area (Å²) in [6.07, 6.45) is 3.20. The van der Waals surface area contributed by atoms with Gasteiger partial charge in [-0.3, -0.25) is 14.2 Å². The van der Waals surface area contributed by atoms with E-state index in [4.69, 9.17) is 16.7 Å². The SMILES string of the molecule is CC(C)n1nc(CN(C)C)c2c1CN(C(=O)Cn1cc(Cl)cn1)C2. The number of amides is 1. The first-order valence-corrected chi connectivity index (χ1v) is 8.42. The lowest BCUT2D eigenvalue weighted by molar-refractivity contribution is -0.132. The molecule has 1 aliphatic heterocycles. The molecule has 0 spiro atoms. The second kappa shape index (κ2) is 6.57. The van der Waals surface area contributed by atoms with Gasteiger partial charge in [0.05, 0.1) is 29.2 Å². The van der Waals surface area contributed by atoms with Crippen molar-refractivity contribution in [1.82, 2.24) is 29.4 Å². The Balaban J connectivity index is 1.78. The van der Waals surface area contributed by atoms with Gasteiger partial charge in [0.25, 0.3) is 0 Å². The molecule has 0 atom stereocenters. The lowest BCUT2D eigenvalue weighted by Crippen LogP contribution is -2.30. The summed E-state index contributed by atoms with van der Waals surface area (Å²) in [5.74, 6) is 0.0390. The molecule has 0 unspecified atom stereocenters. The Hall–Kier alpha value is -1.86. The van der Waals surface area contributed by atoms with Crippen molar-refractivity contribution < 1.29 is 4.79 Å². The number of carbonyl (C=O) groups excluding carboxylic acids is 1. The number of fused-ring (bicyclic) bond motifs is 1. The molecule has 0 saturated carbocycles. The topological polar surface area (TPSA) is 59.2 Å². The molecule has 0 bridgehead atoms. The average molecular weight is 351 g/mol. The maximum atomic E-state index is 12.6. The average Bonchev–Trinajstić information content (AvgIpc) is 3.15. The Kier molecular flexibility index (Phi) is 4.64. The van der Waals surface area contributed by atoms with Gasteiger partial charge >= 0.3 is 0 Å². The standard InChI is InChI=1S/C16H23ClN6O/c1-11(2)23-15-9-21(7-13(15)14(19-23)8-20(3)4)16(24)10-22-6-12(17)5-18-22/h5-6,11H,7-10H2,1-4H3. The molecule has 0 aromatic carbocycles. The summed E-state index contributed by atoms with van der Waals surface area (Å²) in [5.41, 5.74) is 3.39. The van der Waals surface area contributed by atoms with Gasteiger partial charge in [0, 0.05) is 30.9 Å². The molecule has 24 heavy (non-hydrogen) atoms. The van der Waals surface area contributed by atoms with Crippen molar-refractivity contribution in [3.8, 4) is 0 Å². The van der Waals surface area contributed by atoms with Crippen LogP contribution in [0.1, 0.15) is 36.8 Å². The van der Waals surface area contributed by atoms with Gasteiger partial charge in [-0.1, -0.05) is 11.6 Å². The van der Waals surface area contributed by atoms with Gasteiger partial charge in [0.1, 0.15) is 6.54 Å². The van der Waals surface area contributed by atoms with Crippen molar-refractivity contribution in [2.24, 2.45) is 0 Å². The zero-order valence-corrected chi connectivity index (χ0v) is 15.3. The van der Waals surface area contributed by atoms with Gasteiger partial charge in [-0.25, -0.2) is 0 Å². The summed E-state index contributed by atoms with van der Waals surface area (Å²) >= 11 is 5.86. The third-order valence-corrected chi connectivity index (χ3v) is 4.29. The largest absolute Gasteiger partial charge is 0.331 e. The smallest absolute Gasteiger partial charge is 0.244 e. The Morgan fingerprint density at radius 3 is 2.71 bits per heavy atom. The van der Waals surface area contributed by atoms with Crippen LogP contribution in [0.4, 0.5) is 0 Å². The first-order chi connectivity index (χ1) is 11.3. The minimum Gasteiger partial charge on any atom is -0.331 e. The summed E-state index contributed by atoms with van der Waals surface area (Å²) in [6.45, 7) is 6.42. The van der Waals surface area contributed by atoms with Crippen LogP contribution in [0, 0.1) is 0 Å².